The minimum atomic E-state index is -0.766. The molecule has 0 fully saturated rings. The number of hydrogen-bond donors (Lipinski definition) is 1. The largest absolute Gasteiger partial charge is 0.493 e. The summed E-state index contributed by atoms with van der Waals surface area (Å²) < 4.78 is 12.7. The number of aryl methyl sites for hydroxylation is 1. The fourth-order valence-electron chi connectivity index (χ4n) is 4.63. The molecule has 1 aliphatic rings. The van der Waals surface area contributed by atoms with Crippen molar-refractivity contribution in [3.8, 4) is 11.5 Å². The monoisotopic (exact) mass is 530 g/mol. The average molecular weight is 531 g/mol. The van der Waals surface area contributed by atoms with Gasteiger partial charge >= 0.3 is 0 Å². The van der Waals surface area contributed by atoms with E-state index in [-0.39, 0.29) is 5.56 Å². The first-order valence-corrected chi connectivity index (χ1v) is 13.4. The van der Waals surface area contributed by atoms with Gasteiger partial charge in [-0.25, -0.2) is 10.4 Å². The molecule has 4 aromatic rings. The minimum Gasteiger partial charge on any atom is -0.493 e. The van der Waals surface area contributed by atoms with Crippen LogP contribution >= 0.6 is 11.3 Å². The summed E-state index contributed by atoms with van der Waals surface area (Å²) in [6, 6.07) is 14.5. The fraction of sp³-hybridized carbons (Fsp3) is 0.310. The number of hydrogen-bond acceptors (Lipinski definition) is 7. The summed E-state index contributed by atoms with van der Waals surface area (Å²) >= 11 is 1.60. The van der Waals surface area contributed by atoms with E-state index in [2.05, 4.69) is 22.4 Å². The molecule has 9 heteroatoms. The molecule has 0 spiro atoms. The van der Waals surface area contributed by atoms with Crippen LogP contribution in [0.25, 0.3) is 10.2 Å². The second kappa shape index (κ2) is 11.2. The zero-order valence-corrected chi connectivity index (χ0v) is 22.5. The van der Waals surface area contributed by atoms with Gasteiger partial charge in [-0.2, -0.15) is 5.10 Å². The Hall–Kier alpha value is -3.98. The summed E-state index contributed by atoms with van der Waals surface area (Å²) in [5, 5.41) is 4.75. The second-order valence-corrected chi connectivity index (χ2v) is 10.7. The van der Waals surface area contributed by atoms with E-state index >= 15 is 0 Å². The molecule has 2 aromatic heterocycles. The van der Waals surface area contributed by atoms with Crippen LogP contribution in [0.5, 0.6) is 11.5 Å². The number of carbonyl (C=O) groups is 1. The van der Waals surface area contributed by atoms with E-state index in [9.17, 15) is 9.59 Å². The number of amides is 1. The number of carbonyl (C=O) groups excluding carboxylic acids is 1. The summed E-state index contributed by atoms with van der Waals surface area (Å²) in [6.45, 7) is 4.32. The van der Waals surface area contributed by atoms with Crippen molar-refractivity contribution in [1.82, 2.24) is 15.0 Å². The number of nitrogens with one attached hydrogen (secondary N) is 1. The minimum absolute atomic E-state index is 0.176. The number of fused-ring (bicyclic) bond motifs is 3. The van der Waals surface area contributed by atoms with E-state index in [0.717, 1.165) is 40.8 Å². The van der Waals surface area contributed by atoms with Crippen molar-refractivity contribution in [2.45, 2.75) is 45.8 Å². The third-order valence-electron chi connectivity index (χ3n) is 6.85. The maximum absolute atomic E-state index is 13.3. The molecular weight excluding hydrogens is 500 g/mol. The molecule has 196 valence electrons. The first-order valence-electron chi connectivity index (χ1n) is 12.6. The zero-order chi connectivity index (χ0) is 26.6. The van der Waals surface area contributed by atoms with Crippen LogP contribution in [0.2, 0.25) is 0 Å². The molecule has 0 unspecified atom stereocenters. The number of thiophene rings is 1. The Morgan fingerprint density at radius 2 is 2.08 bits per heavy atom. The fourth-order valence-corrected chi connectivity index (χ4v) is 5.97. The molecule has 0 saturated carbocycles. The molecule has 8 nitrogen and oxygen atoms in total. The number of hydrazone groups is 1. The van der Waals surface area contributed by atoms with Gasteiger partial charge in [-0.15, -0.1) is 11.3 Å². The number of nitrogens with zero attached hydrogens (tertiary/aromatic N) is 3. The van der Waals surface area contributed by atoms with E-state index < -0.39 is 11.9 Å². The summed E-state index contributed by atoms with van der Waals surface area (Å²) in [5.74, 6) is 1.37. The lowest BCUT2D eigenvalue weighted by Gasteiger charge is -2.18. The van der Waals surface area contributed by atoms with Gasteiger partial charge in [0.15, 0.2) is 11.5 Å². The molecule has 0 bridgehead atoms. The van der Waals surface area contributed by atoms with Gasteiger partial charge in [-0.3, -0.25) is 14.2 Å². The topological polar surface area (TPSA) is 94.8 Å². The molecule has 2 aromatic carbocycles. The standard InChI is InChI=1S/C29H30N4O4S/c1-18-9-11-22-25(13-18)38-28-26(22)29(35)33(17-30-28)19(2)27(34)32-31-15-21-10-12-23(24(14-21)36-3)37-16-20-7-5-4-6-8-20/h4-8,10,12,14-15,17-19H,9,11,13,16H2,1-3H3,(H,32,34)/b31-15-/t18-,19-/m1/s1. The SMILES string of the molecule is COc1cc(/C=N\NC(=O)[C@@H](C)n2cnc3sc4c(c3c2=O)CC[C@@H](C)C4)ccc1OCc1ccccc1. The lowest BCUT2D eigenvalue weighted by atomic mass is 9.89. The van der Waals surface area contributed by atoms with Gasteiger partial charge in [0.05, 0.1) is 25.0 Å². The summed E-state index contributed by atoms with van der Waals surface area (Å²) in [5.41, 5.74) is 5.24. The van der Waals surface area contributed by atoms with Crippen LogP contribution in [0.4, 0.5) is 0 Å². The lowest BCUT2D eigenvalue weighted by Crippen LogP contribution is -2.34. The van der Waals surface area contributed by atoms with Crippen LogP contribution in [0.3, 0.4) is 0 Å². The number of rotatable bonds is 8. The molecule has 38 heavy (non-hydrogen) atoms. The highest BCUT2D eigenvalue weighted by Crippen LogP contribution is 2.35. The highest BCUT2D eigenvalue weighted by atomic mass is 32.1. The third-order valence-corrected chi connectivity index (χ3v) is 8.01. The van der Waals surface area contributed by atoms with Crippen molar-refractivity contribution in [3.05, 3.63) is 86.8 Å². The van der Waals surface area contributed by atoms with E-state index in [0.29, 0.717) is 29.4 Å². The smallest absolute Gasteiger partial charge is 0.263 e. The lowest BCUT2D eigenvalue weighted by molar-refractivity contribution is -0.123. The third kappa shape index (κ3) is 5.33. The van der Waals surface area contributed by atoms with Gasteiger partial charge < -0.3 is 9.47 Å². The highest BCUT2D eigenvalue weighted by Gasteiger charge is 2.25. The van der Waals surface area contributed by atoms with Crippen LogP contribution < -0.4 is 20.5 Å². The van der Waals surface area contributed by atoms with Gasteiger partial charge in [0.25, 0.3) is 11.5 Å². The Morgan fingerprint density at radius 1 is 1.26 bits per heavy atom. The molecule has 2 atom stereocenters. The van der Waals surface area contributed by atoms with E-state index in [1.807, 2.05) is 36.4 Å². The highest BCUT2D eigenvalue weighted by molar-refractivity contribution is 7.18. The maximum Gasteiger partial charge on any atom is 0.263 e. The van der Waals surface area contributed by atoms with Gasteiger partial charge in [-0.05, 0) is 67.0 Å². The second-order valence-electron chi connectivity index (χ2n) is 9.58. The van der Waals surface area contributed by atoms with Crippen LogP contribution in [0, 0.1) is 5.92 Å². The maximum atomic E-state index is 13.3. The number of aromatic nitrogens is 2. The number of benzene rings is 2. The Bertz CT molecular complexity index is 1540. The van der Waals surface area contributed by atoms with Crippen LogP contribution in [0.15, 0.2) is 64.8 Å². The van der Waals surface area contributed by atoms with Crippen molar-refractivity contribution >= 4 is 33.7 Å². The van der Waals surface area contributed by atoms with Crippen LogP contribution in [-0.4, -0.2) is 28.8 Å². The van der Waals surface area contributed by atoms with E-state index in [1.54, 1.807) is 37.5 Å². The Labute approximate surface area is 224 Å². The molecule has 0 saturated heterocycles. The molecule has 0 aliphatic heterocycles. The van der Waals surface area contributed by atoms with Crippen molar-refractivity contribution in [2.24, 2.45) is 11.0 Å². The van der Waals surface area contributed by atoms with Crippen LogP contribution in [0.1, 0.15) is 47.9 Å². The van der Waals surface area contributed by atoms with Gasteiger partial charge in [0.1, 0.15) is 17.5 Å². The van der Waals surface area contributed by atoms with Crippen molar-refractivity contribution in [2.75, 3.05) is 7.11 Å². The van der Waals surface area contributed by atoms with Crippen molar-refractivity contribution in [1.29, 1.82) is 0 Å². The molecular formula is C29H30N4O4S. The summed E-state index contributed by atoms with van der Waals surface area (Å²) in [4.78, 5) is 32.6. The Balaban J connectivity index is 1.26. The van der Waals surface area contributed by atoms with Gasteiger partial charge in [-0.1, -0.05) is 37.3 Å². The van der Waals surface area contributed by atoms with Gasteiger partial charge in [0.2, 0.25) is 0 Å². The first-order chi connectivity index (χ1) is 18.4. The number of ether oxygens (including phenoxy) is 2. The van der Waals surface area contributed by atoms with Crippen LogP contribution in [-0.2, 0) is 24.2 Å². The molecule has 2 heterocycles. The van der Waals surface area contributed by atoms with E-state index in [4.69, 9.17) is 9.47 Å². The Morgan fingerprint density at radius 3 is 2.87 bits per heavy atom. The van der Waals surface area contributed by atoms with Crippen molar-refractivity contribution in [3.63, 3.8) is 0 Å². The molecule has 0 radical (unpaired) electrons. The molecule has 1 N–H and O–H groups in total. The quantitative estimate of drug-likeness (QED) is 0.259. The summed E-state index contributed by atoms with van der Waals surface area (Å²) in [7, 11) is 1.57. The van der Waals surface area contributed by atoms with Gasteiger partial charge in [0, 0.05) is 4.88 Å². The van der Waals surface area contributed by atoms with Crippen molar-refractivity contribution < 1.29 is 14.3 Å². The zero-order valence-electron chi connectivity index (χ0n) is 21.6. The molecule has 1 amide bonds. The van der Waals surface area contributed by atoms with E-state index in [1.165, 1.54) is 22.0 Å². The summed E-state index contributed by atoms with van der Waals surface area (Å²) in [6.07, 6.45) is 5.90. The first kappa shape index (κ1) is 25.7. The predicted molar refractivity (Wildman–Crippen MR) is 149 cm³/mol. The Kier molecular flexibility index (Phi) is 7.55. The average Bonchev–Trinajstić information content (AvgIpc) is 3.30. The molecule has 1 aliphatic carbocycles. The normalized spacial score (nSPS) is 15.8. The predicted octanol–water partition coefficient (Wildman–Crippen LogP) is 4.88. The number of methoxy groups -OCH3 is 1. The molecule has 5 rings (SSSR count).